The van der Waals surface area contributed by atoms with E-state index < -0.39 is 35.4 Å². The number of hydrogen-bond acceptors (Lipinski definition) is 1. The first kappa shape index (κ1) is 22.4. The second kappa shape index (κ2) is 8.45. The molecule has 0 aliphatic rings. The zero-order valence-corrected chi connectivity index (χ0v) is 16.2. The van der Waals surface area contributed by atoms with Crippen LogP contribution in [0.3, 0.4) is 0 Å². The molecular weight excluding hydrogens is 420 g/mol. The van der Waals surface area contributed by atoms with Crippen molar-refractivity contribution in [1.82, 2.24) is 5.32 Å². The van der Waals surface area contributed by atoms with Gasteiger partial charge in [0.15, 0.2) is 6.04 Å². The highest BCUT2D eigenvalue weighted by molar-refractivity contribution is 5.97. The lowest BCUT2D eigenvalue weighted by Crippen LogP contribution is -2.37. The SMILES string of the molecule is Cc1ccc(/C=C/C(=O)NC(c2cccc(C(F)(F)F)c2)C(F)(F)F)c2ccccc12. The van der Waals surface area contributed by atoms with Crippen LogP contribution in [0.25, 0.3) is 16.8 Å². The van der Waals surface area contributed by atoms with E-state index in [0.717, 1.165) is 34.5 Å². The van der Waals surface area contributed by atoms with E-state index in [1.807, 2.05) is 31.2 Å². The zero-order valence-electron chi connectivity index (χ0n) is 16.2. The van der Waals surface area contributed by atoms with Crippen molar-refractivity contribution in [2.75, 3.05) is 0 Å². The molecule has 0 saturated heterocycles. The van der Waals surface area contributed by atoms with Crippen LogP contribution >= 0.6 is 0 Å². The molecule has 3 rings (SSSR count). The Morgan fingerprint density at radius 2 is 1.58 bits per heavy atom. The maximum absolute atomic E-state index is 13.5. The van der Waals surface area contributed by atoms with E-state index in [1.54, 1.807) is 17.4 Å². The first-order chi connectivity index (χ1) is 14.5. The second-order valence-electron chi connectivity index (χ2n) is 6.96. The first-order valence-electron chi connectivity index (χ1n) is 9.17. The highest BCUT2D eigenvalue weighted by Crippen LogP contribution is 2.36. The maximum Gasteiger partial charge on any atom is 0.416 e. The van der Waals surface area contributed by atoms with Gasteiger partial charge in [0.25, 0.3) is 0 Å². The molecule has 0 fully saturated rings. The number of carbonyl (C=O) groups is 1. The summed E-state index contributed by atoms with van der Waals surface area (Å²) >= 11 is 0. The van der Waals surface area contributed by atoms with Crippen LogP contribution in [-0.2, 0) is 11.0 Å². The number of alkyl halides is 6. The number of benzene rings is 3. The number of amides is 1. The highest BCUT2D eigenvalue weighted by atomic mass is 19.4. The van der Waals surface area contributed by atoms with Gasteiger partial charge in [-0.15, -0.1) is 0 Å². The standard InChI is InChI=1S/C23H17F6NO/c1-14-9-10-15(19-8-3-2-7-18(14)19)11-12-20(31)30-21(23(27,28)29)16-5-4-6-17(13-16)22(24,25)26/h2-13,21H,1H3,(H,30,31)/b12-11+. The molecule has 0 spiro atoms. The number of aryl methyl sites for hydroxylation is 1. The third-order valence-electron chi connectivity index (χ3n) is 4.75. The van der Waals surface area contributed by atoms with Crippen LogP contribution in [0.4, 0.5) is 26.3 Å². The van der Waals surface area contributed by atoms with Crippen molar-refractivity contribution in [2.45, 2.75) is 25.3 Å². The predicted octanol–water partition coefficient (Wildman–Crippen LogP) is 6.60. The van der Waals surface area contributed by atoms with E-state index in [4.69, 9.17) is 0 Å². The minimum absolute atomic E-state index is 0.385. The summed E-state index contributed by atoms with van der Waals surface area (Å²) in [6.07, 6.45) is -7.48. The van der Waals surface area contributed by atoms with E-state index in [1.165, 1.54) is 6.08 Å². The van der Waals surface area contributed by atoms with Crippen molar-refractivity contribution in [3.8, 4) is 0 Å². The molecule has 0 aromatic heterocycles. The molecule has 0 heterocycles. The lowest BCUT2D eigenvalue weighted by Gasteiger charge is -2.22. The first-order valence-corrected chi connectivity index (χ1v) is 9.17. The number of halogens is 6. The topological polar surface area (TPSA) is 29.1 Å². The Hall–Kier alpha value is -3.29. The molecule has 1 amide bonds. The van der Waals surface area contributed by atoms with Gasteiger partial charge in [0.05, 0.1) is 5.56 Å². The predicted molar refractivity (Wildman–Crippen MR) is 106 cm³/mol. The van der Waals surface area contributed by atoms with Crippen molar-refractivity contribution in [1.29, 1.82) is 0 Å². The molecule has 1 N–H and O–H groups in total. The van der Waals surface area contributed by atoms with Gasteiger partial charge in [0.2, 0.25) is 5.91 Å². The van der Waals surface area contributed by atoms with Crippen LogP contribution in [0.5, 0.6) is 0 Å². The van der Waals surface area contributed by atoms with Gasteiger partial charge in [-0.25, -0.2) is 0 Å². The third-order valence-corrected chi connectivity index (χ3v) is 4.75. The fraction of sp³-hybridized carbons (Fsp3) is 0.174. The molecule has 8 heteroatoms. The fourth-order valence-corrected chi connectivity index (χ4v) is 3.22. The Morgan fingerprint density at radius 3 is 2.23 bits per heavy atom. The monoisotopic (exact) mass is 437 g/mol. The molecular formula is C23H17F6NO. The molecule has 162 valence electrons. The van der Waals surface area contributed by atoms with Gasteiger partial charge in [-0.05, 0) is 52.6 Å². The molecule has 0 aliphatic carbocycles. The summed E-state index contributed by atoms with van der Waals surface area (Å²) in [5.41, 5.74) is -0.308. The molecule has 0 radical (unpaired) electrons. The average Bonchev–Trinajstić information content (AvgIpc) is 2.70. The number of rotatable bonds is 4. The Balaban J connectivity index is 1.87. The van der Waals surface area contributed by atoms with Crippen LogP contribution in [0.1, 0.15) is 28.3 Å². The van der Waals surface area contributed by atoms with Gasteiger partial charge in [0, 0.05) is 6.08 Å². The second-order valence-corrected chi connectivity index (χ2v) is 6.96. The lowest BCUT2D eigenvalue weighted by molar-refractivity contribution is -0.162. The van der Waals surface area contributed by atoms with Gasteiger partial charge < -0.3 is 5.32 Å². The smallest absolute Gasteiger partial charge is 0.337 e. The Labute approximate surface area is 174 Å². The molecule has 3 aromatic carbocycles. The van der Waals surface area contributed by atoms with Crippen LogP contribution in [-0.4, -0.2) is 12.1 Å². The number of hydrogen-bond donors (Lipinski definition) is 1. The molecule has 2 nitrogen and oxygen atoms in total. The van der Waals surface area contributed by atoms with Crippen LogP contribution in [0.15, 0.2) is 66.7 Å². The molecule has 0 saturated carbocycles. The van der Waals surface area contributed by atoms with Crippen LogP contribution in [0, 0.1) is 6.92 Å². The van der Waals surface area contributed by atoms with E-state index >= 15 is 0 Å². The third kappa shape index (κ3) is 5.25. The molecule has 31 heavy (non-hydrogen) atoms. The van der Waals surface area contributed by atoms with Crippen molar-refractivity contribution in [2.24, 2.45) is 0 Å². The summed E-state index contributed by atoms with van der Waals surface area (Å²) in [6, 6.07) is 11.1. The van der Waals surface area contributed by atoms with E-state index in [-0.39, 0.29) is 0 Å². The summed E-state index contributed by atoms with van der Waals surface area (Å²) < 4.78 is 79.1. The molecule has 1 atom stereocenters. The highest BCUT2D eigenvalue weighted by Gasteiger charge is 2.42. The fourth-order valence-electron chi connectivity index (χ4n) is 3.22. The molecule has 3 aromatic rings. The minimum atomic E-state index is -4.98. The summed E-state index contributed by atoms with van der Waals surface area (Å²) in [6.45, 7) is 1.91. The van der Waals surface area contributed by atoms with Gasteiger partial charge in [-0.1, -0.05) is 48.5 Å². The van der Waals surface area contributed by atoms with Gasteiger partial charge in [0.1, 0.15) is 0 Å². The molecule has 1 unspecified atom stereocenters. The van der Waals surface area contributed by atoms with Crippen LogP contribution in [0.2, 0.25) is 0 Å². The maximum atomic E-state index is 13.5. The van der Waals surface area contributed by atoms with Gasteiger partial charge in [-0.3, -0.25) is 4.79 Å². The Kier molecular flexibility index (Phi) is 6.10. The minimum Gasteiger partial charge on any atom is -0.337 e. The van der Waals surface area contributed by atoms with Crippen molar-refractivity contribution in [3.63, 3.8) is 0 Å². The lowest BCUT2D eigenvalue weighted by atomic mass is 10.00. The quantitative estimate of drug-likeness (QED) is 0.362. The van der Waals surface area contributed by atoms with Crippen molar-refractivity contribution >= 4 is 22.8 Å². The number of fused-ring (bicyclic) bond motifs is 1. The van der Waals surface area contributed by atoms with Crippen molar-refractivity contribution < 1.29 is 31.1 Å². The summed E-state index contributed by atoms with van der Waals surface area (Å²) in [4.78, 5) is 12.2. The van der Waals surface area contributed by atoms with Crippen molar-refractivity contribution in [3.05, 3.63) is 89.0 Å². The summed E-state index contributed by atoms with van der Waals surface area (Å²) in [5, 5.41) is 3.51. The Morgan fingerprint density at radius 1 is 0.903 bits per heavy atom. The number of nitrogens with one attached hydrogen (secondary N) is 1. The average molecular weight is 437 g/mol. The largest absolute Gasteiger partial charge is 0.416 e. The zero-order chi connectivity index (χ0) is 22.8. The molecule has 0 bridgehead atoms. The number of carbonyl (C=O) groups excluding carboxylic acids is 1. The Bertz CT molecular complexity index is 1130. The van der Waals surface area contributed by atoms with Gasteiger partial charge >= 0.3 is 12.4 Å². The normalized spacial score (nSPS) is 13.5. The summed E-state index contributed by atoms with van der Waals surface area (Å²) in [5.74, 6) is -1.08. The van der Waals surface area contributed by atoms with E-state index in [9.17, 15) is 31.1 Å². The van der Waals surface area contributed by atoms with Crippen LogP contribution < -0.4 is 5.32 Å². The van der Waals surface area contributed by atoms with Gasteiger partial charge in [-0.2, -0.15) is 26.3 Å². The van der Waals surface area contributed by atoms with E-state index in [0.29, 0.717) is 17.7 Å². The summed E-state index contributed by atoms with van der Waals surface area (Å²) in [7, 11) is 0. The van der Waals surface area contributed by atoms with E-state index in [2.05, 4.69) is 0 Å². The molecule has 0 aliphatic heterocycles.